The first-order valence-corrected chi connectivity index (χ1v) is 5.46. The Hall–Kier alpha value is -2.46. The van der Waals surface area contributed by atoms with Crippen molar-refractivity contribution in [3.05, 3.63) is 60.8 Å². The average molecular weight is 235 g/mol. The van der Waals surface area contributed by atoms with Crippen molar-refractivity contribution >= 4 is 22.5 Å². The molecule has 0 bridgehead atoms. The summed E-state index contributed by atoms with van der Waals surface area (Å²) in [4.78, 5) is 8.73. The predicted octanol–water partition coefficient (Wildman–Crippen LogP) is 2.89. The molecular formula is C14H11N4. The van der Waals surface area contributed by atoms with E-state index in [1.165, 1.54) is 0 Å². The van der Waals surface area contributed by atoms with Crippen LogP contribution in [-0.2, 0) is 0 Å². The van der Waals surface area contributed by atoms with Crippen LogP contribution in [0.1, 0.15) is 0 Å². The fourth-order valence-corrected chi connectivity index (χ4v) is 1.68. The number of aromatic nitrogens is 2. The molecule has 4 nitrogen and oxygen atoms in total. The van der Waals surface area contributed by atoms with Gasteiger partial charge in [-0.15, -0.1) is 0 Å². The van der Waals surface area contributed by atoms with E-state index in [0.29, 0.717) is 5.95 Å². The van der Waals surface area contributed by atoms with Crippen LogP contribution < -0.4 is 11.5 Å². The monoisotopic (exact) mass is 235 g/mol. The second-order valence-corrected chi connectivity index (χ2v) is 3.74. The lowest BCUT2D eigenvalue weighted by Gasteiger charge is -2.04. The molecule has 0 aliphatic heterocycles. The average Bonchev–Trinajstić information content (AvgIpc) is 2.40. The number of nitrogens with zero attached hydrogens (tertiary/aromatic N) is 3. The molecule has 4 heteroatoms. The number of fused-ring (bicyclic) bond motifs is 1. The topological polar surface area (TPSA) is 68.3 Å². The Labute approximate surface area is 105 Å². The van der Waals surface area contributed by atoms with Gasteiger partial charge in [-0.1, -0.05) is 36.4 Å². The molecule has 0 saturated heterocycles. The van der Waals surface area contributed by atoms with E-state index in [1.807, 2.05) is 60.8 Å². The number of hydrogen-bond acceptors (Lipinski definition) is 3. The van der Waals surface area contributed by atoms with Gasteiger partial charge in [0.05, 0.1) is 5.52 Å². The predicted molar refractivity (Wildman–Crippen MR) is 71.4 cm³/mol. The Bertz CT molecular complexity index is 637. The molecule has 0 saturated carbocycles. The van der Waals surface area contributed by atoms with Crippen LogP contribution in [0.25, 0.3) is 10.9 Å². The highest BCUT2D eigenvalue weighted by Crippen LogP contribution is 2.15. The van der Waals surface area contributed by atoms with E-state index in [9.17, 15) is 0 Å². The van der Waals surface area contributed by atoms with Crippen LogP contribution in [0.4, 0.5) is 11.6 Å². The minimum Gasteiger partial charge on any atom is -0.324 e. The van der Waals surface area contributed by atoms with E-state index >= 15 is 0 Å². The first kappa shape index (κ1) is 12.0. The van der Waals surface area contributed by atoms with E-state index in [-0.39, 0.29) is 6.15 Å². The Morgan fingerprint density at radius 1 is 0.833 bits per heavy atom. The molecule has 3 aromatic rings. The van der Waals surface area contributed by atoms with Gasteiger partial charge in [0.2, 0.25) is 5.95 Å². The van der Waals surface area contributed by atoms with E-state index < -0.39 is 0 Å². The summed E-state index contributed by atoms with van der Waals surface area (Å²) < 4.78 is 0. The summed E-state index contributed by atoms with van der Waals surface area (Å²) >= 11 is 0. The van der Waals surface area contributed by atoms with Crippen molar-refractivity contribution in [3.63, 3.8) is 0 Å². The molecule has 0 spiro atoms. The standard InChI is InChI=1S/C14H11N3.N/c1-2-7-12(8-3-1)16-14-15-10-11-6-4-5-9-13(11)17-14;/h1-10H,(H,15,16,17);. The Morgan fingerprint density at radius 2 is 1.56 bits per heavy atom. The van der Waals surface area contributed by atoms with Crippen molar-refractivity contribution in [3.8, 4) is 0 Å². The Balaban J connectivity index is 0.00000120. The maximum absolute atomic E-state index is 4.45. The molecule has 3 radical (unpaired) electrons. The number of benzene rings is 2. The summed E-state index contributed by atoms with van der Waals surface area (Å²) in [5.74, 6) is 0.620. The zero-order chi connectivity index (χ0) is 11.5. The molecule has 0 atom stereocenters. The molecule has 0 amide bonds. The summed E-state index contributed by atoms with van der Waals surface area (Å²) in [6.07, 6.45) is 1.83. The van der Waals surface area contributed by atoms with Crippen LogP contribution in [0.2, 0.25) is 0 Å². The van der Waals surface area contributed by atoms with Crippen molar-refractivity contribution in [2.45, 2.75) is 0 Å². The molecular weight excluding hydrogens is 224 g/mol. The van der Waals surface area contributed by atoms with Gasteiger partial charge < -0.3 is 5.32 Å². The van der Waals surface area contributed by atoms with Gasteiger partial charge in [0, 0.05) is 23.4 Å². The van der Waals surface area contributed by atoms with E-state index in [4.69, 9.17) is 0 Å². The molecule has 18 heavy (non-hydrogen) atoms. The van der Waals surface area contributed by atoms with Gasteiger partial charge in [-0.3, -0.25) is 0 Å². The number of hydrogen-bond donors (Lipinski definition) is 1. The van der Waals surface area contributed by atoms with Crippen molar-refractivity contribution in [1.82, 2.24) is 16.1 Å². The van der Waals surface area contributed by atoms with Gasteiger partial charge >= 0.3 is 0 Å². The lowest BCUT2D eigenvalue weighted by Crippen LogP contribution is -1.96. The van der Waals surface area contributed by atoms with Gasteiger partial charge in [0.15, 0.2) is 0 Å². The summed E-state index contributed by atoms with van der Waals surface area (Å²) in [7, 11) is 0. The molecule has 0 unspecified atom stereocenters. The van der Waals surface area contributed by atoms with Crippen molar-refractivity contribution < 1.29 is 0 Å². The zero-order valence-electron chi connectivity index (χ0n) is 9.62. The van der Waals surface area contributed by atoms with E-state index in [0.717, 1.165) is 16.6 Å². The molecule has 3 rings (SSSR count). The molecule has 0 aliphatic rings. The summed E-state index contributed by atoms with van der Waals surface area (Å²) in [5.41, 5.74) is 1.93. The summed E-state index contributed by atoms with van der Waals surface area (Å²) in [5, 5.41) is 4.22. The third-order valence-corrected chi connectivity index (χ3v) is 2.52. The Kier molecular flexibility index (Phi) is 3.50. The molecule has 2 aromatic carbocycles. The third kappa shape index (κ3) is 2.44. The third-order valence-electron chi connectivity index (χ3n) is 2.52. The molecule has 1 N–H and O–H groups in total. The first-order valence-electron chi connectivity index (χ1n) is 5.46. The van der Waals surface area contributed by atoms with E-state index in [2.05, 4.69) is 15.3 Å². The highest BCUT2D eigenvalue weighted by Gasteiger charge is 1.99. The highest BCUT2D eigenvalue weighted by molar-refractivity contribution is 5.78. The molecule has 1 heterocycles. The summed E-state index contributed by atoms with van der Waals surface area (Å²) in [6.45, 7) is 0. The Morgan fingerprint density at radius 3 is 2.39 bits per heavy atom. The fraction of sp³-hybridized carbons (Fsp3) is 0. The lowest BCUT2D eigenvalue weighted by molar-refractivity contribution is 1.21. The smallest absolute Gasteiger partial charge is 0.227 e. The molecule has 87 valence electrons. The van der Waals surface area contributed by atoms with Crippen LogP contribution in [0.5, 0.6) is 0 Å². The van der Waals surface area contributed by atoms with Crippen LogP contribution in [-0.4, -0.2) is 9.97 Å². The second kappa shape index (κ2) is 5.25. The molecule has 0 aliphatic carbocycles. The number of anilines is 2. The number of nitrogens with one attached hydrogen (secondary N) is 1. The quantitative estimate of drug-likeness (QED) is 0.742. The SMILES string of the molecule is [N].c1ccc(Nc2ncc3ccccc3n2)cc1. The van der Waals surface area contributed by atoms with Crippen molar-refractivity contribution in [1.29, 1.82) is 0 Å². The fourth-order valence-electron chi connectivity index (χ4n) is 1.68. The van der Waals surface area contributed by atoms with Gasteiger partial charge in [0.25, 0.3) is 0 Å². The number of rotatable bonds is 2. The van der Waals surface area contributed by atoms with Crippen molar-refractivity contribution in [2.24, 2.45) is 0 Å². The number of para-hydroxylation sites is 2. The van der Waals surface area contributed by atoms with Crippen molar-refractivity contribution in [2.75, 3.05) is 5.32 Å². The zero-order valence-corrected chi connectivity index (χ0v) is 9.62. The van der Waals surface area contributed by atoms with Crippen LogP contribution in [0.3, 0.4) is 0 Å². The van der Waals surface area contributed by atoms with E-state index in [1.54, 1.807) is 0 Å². The van der Waals surface area contributed by atoms with Gasteiger partial charge in [0.1, 0.15) is 0 Å². The maximum Gasteiger partial charge on any atom is 0.227 e. The summed E-state index contributed by atoms with van der Waals surface area (Å²) in [6, 6.07) is 17.8. The van der Waals surface area contributed by atoms with Gasteiger partial charge in [-0.2, -0.15) is 0 Å². The first-order chi connectivity index (χ1) is 8.42. The maximum atomic E-state index is 4.45. The normalized spacial score (nSPS) is 9.78. The molecule has 1 aromatic heterocycles. The lowest BCUT2D eigenvalue weighted by atomic mass is 10.2. The second-order valence-electron chi connectivity index (χ2n) is 3.74. The van der Waals surface area contributed by atoms with Crippen LogP contribution >= 0.6 is 0 Å². The van der Waals surface area contributed by atoms with Crippen LogP contribution in [0, 0.1) is 0 Å². The molecule has 0 fully saturated rings. The minimum absolute atomic E-state index is 0. The van der Waals surface area contributed by atoms with Crippen LogP contribution in [0.15, 0.2) is 60.8 Å². The minimum atomic E-state index is 0. The highest BCUT2D eigenvalue weighted by atomic mass is 15.1. The largest absolute Gasteiger partial charge is 0.324 e. The van der Waals surface area contributed by atoms with Gasteiger partial charge in [-0.25, -0.2) is 9.97 Å². The van der Waals surface area contributed by atoms with Gasteiger partial charge in [-0.05, 0) is 18.2 Å².